The topological polar surface area (TPSA) is 33.1 Å². The summed E-state index contributed by atoms with van der Waals surface area (Å²) in [5.74, 6) is -0.353. The summed E-state index contributed by atoms with van der Waals surface area (Å²) in [7, 11) is 0. The number of pyridine rings is 1. The van der Waals surface area contributed by atoms with Crippen molar-refractivity contribution >= 4 is 0 Å². The van der Waals surface area contributed by atoms with E-state index in [4.69, 9.17) is 5.11 Å². The first-order valence-electron chi connectivity index (χ1n) is 3.46. The van der Waals surface area contributed by atoms with Crippen LogP contribution in [0.5, 0.6) is 0 Å². The third kappa shape index (κ3) is 2.27. The Bertz CT molecular complexity index is 237. The summed E-state index contributed by atoms with van der Waals surface area (Å²) >= 11 is 0. The first-order valence-corrected chi connectivity index (χ1v) is 3.46. The Morgan fingerprint density at radius 3 is 3.00 bits per heavy atom. The van der Waals surface area contributed by atoms with E-state index in [1.54, 1.807) is 13.0 Å². The van der Waals surface area contributed by atoms with E-state index in [0.29, 0.717) is 12.0 Å². The van der Waals surface area contributed by atoms with Crippen LogP contribution >= 0.6 is 0 Å². The summed E-state index contributed by atoms with van der Waals surface area (Å²) < 4.78 is 12.8. The smallest absolute Gasteiger partial charge is 0.144 e. The van der Waals surface area contributed by atoms with Crippen LogP contribution in [0, 0.1) is 5.82 Å². The van der Waals surface area contributed by atoms with Gasteiger partial charge in [0, 0.05) is 12.6 Å². The van der Waals surface area contributed by atoms with Crippen LogP contribution in [0.4, 0.5) is 4.39 Å². The Hall–Kier alpha value is -0.960. The number of hydrogen-bond donors (Lipinski definition) is 1. The quantitative estimate of drug-likeness (QED) is 0.694. The molecule has 1 rings (SSSR count). The SMILES string of the molecule is CC(O)Cc1ccncc1F. The molecule has 1 aromatic heterocycles. The van der Waals surface area contributed by atoms with Gasteiger partial charge in [-0.1, -0.05) is 0 Å². The fourth-order valence-corrected chi connectivity index (χ4v) is 0.888. The first kappa shape index (κ1) is 8.14. The van der Waals surface area contributed by atoms with Gasteiger partial charge in [0.15, 0.2) is 0 Å². The molecule has 11 heavy (non-hydrogen) atoms. The van der Waals surface area contributed by atoms with E-state index >= 15 is 0 Å². The van der Waals surface area contributed by atoms with E-state index < -0.39 is 6.10 Å². The summed E-state index contributed by atoms with van der Waals surface area (Å²) in [6.45, 7) is 1.62. The van der Waals surface area contributed by atoms with E-state index in [1.165, 1.54) is 6.20 Å². The summed E-state index contributed by atoms with van der Waals surface area (Å²) in [6, 6.07) is 1.57. The first-order chi connectivity index (χ1) is 5.20. The van der Waals surface area contributed by atoms with Crippen molar-refractivity contribution in [1.82, 2.24) is 4.98 Å². The molecule has 1 aromatic rings. The minimum Gasteiger partial charge on any atom is -0.393 e. The monoisotopic (exact) mass is 155 g/mol. The summed E-state index contributed by atoms with van der Waals surface area (Å²) in [5.41, 5.74) is 0.509. The average Bonchev–Trinajstić information content (AvgIpc) is 1.93. The highest BCUT2D eigenvalue weighted by molar-refractivity contribution is 5.13. The van der Waals surface area contributed by atoms with Gasteiger partial charge in [0.1, 0.15) is 5.82 Å². The van der Waals surface area contributed by atoms with E-state index in [9.17, 15) is 4.39 Å². The third-order valence-electron chi connectivity index (χ3n) is 1.37. The zero-order chi connectivity index (χ0) is 8.27. The molecule has 1 N–H and O–H groups in total. The Kier molecular flexibility index (Phi) is 2.54. The normalized spacial score (nSPS) is 13.0. The van der Waals surface area contributed by atoms with Crippen LogP contribution in [-0.4, -0.2) is 16.2 Å². The van der Waals surface area contributed by atoms with Crippen molar-refractivity contribution < 1.29 is 9.50 Å². The van der Waals surface area contributed by atoms with Gasteiger partial charge in [0.25, 0.3) is 0 Å². The minimum absolute atomic E-state index is 0.342. The number of halogens is 1. The molecule has 0 aliphatic carbocycles. The Labute approximate surface area is 64.7 Å². The van der Waals surface area contributed by atoms with Crippen LogP contribution in [-0.2, 0) is 6.42 Å². The third-order valence-corrected chi connectivity index (χ3v) is 1.37. The van der Waals surface area contributed by atoms with E-state index in [-0.39, 0.29) is 5.82 Å². The molecule has 0 aliphatic heterocycles. The van der Waals surface area contributed by atoms with Crippen LogP contribution in [0.15, 0.2) is 18.5 Å². The van der Waals surface area contributed by atoms with Crippen molar-refractivity contribution in [3.63, 3.8) is 0 Å². The van der Waals surface area contributed by atoms with E-state index in [2.05, 4.69) is 4.98 Å². The number of hydrogen-bond acceptors (Lipinski definition) is 2. The molecule has 0 amide bonds. The second-order valence-corrected chi connectivity index (χ2v) is 2.52. The zero-order valence-electron chi connectivity index (χ0n) is 6.29. The van der Waals surface area contributed by atoms with Crippen molar-refractivity contribution in [2.45, 2.75) is 19.4 Å². The summed E-state index contributed by atoms with van der Waals surface area (Å²) in [4.78, 5) is 3.60. The number of aliphatic hydroxyl groups is 1. The summed E-state index contributed by atoms with van der Waals surface area (Å²) in [5, 5.41) is 8.94. The van der Waals surface area contributed by atoms with Crippen molar-refractivity contribution in [3.05, 3.63) is 29.8 Å². The lowest BCUT2D eigenvalue weighted by molar-refractivity contribution is 0.194. The molecule has 1 atom stereocenters. The Morgan fingerprint density at radius 1 is 1.73 bits per heavy atom. The van der Waals surface area contributed by atoms with Crippen molar-refractivity contribution in [3.8, 4) is 0 Å². The molecule has 1 heterocycles. The van der Waals surface area contributed by atoms with Crippen LogP contribution in [0.1, 0.15) is 12.5 Å². The number of nitrogens with zero attached hydrogens (tertiary/aromatic N) is 1. The molecule has 0 fully saturated rings. The fourth-order valence-electron chi connectivity index (χ4n) is 0.888. The highest BCUT2D eigenvalue weighted by Gasteiger charge is 2.03. The average molecular weight is 155 g/mol. The van der Waals surface area contributed by atoms with Gasteiger partial charge < -0.3 is 5.11 Å². The zero-order valence-corrected chi connectivity index (χ0v) is 6.29. The molecule has 0 saturated carbocycles. The predicted octanol–water partition coefficient (Wildman–Crippen LogP) is 1.14. The van der Waals surface area contributed by atoms with E-state index in [0.717, 1.165) is 6.20 Å². The molecule has 2 nitrogen and oxygen atoms in total. The molecule has 0 radical (unpaired) electrons. The van der Waals surface area contributed by atoms with Crippen molar-refractivity contribution in [2.24, 2.45) is 0 Å². The molecular formula is C8H10FNO. The molecule has 0 saturated heterocycles. The number of aromatic nitrogens is 1. The van der Waals surface area contributed by atoms with Crippen molar-refractivity contribution in [1.29, 1.82) is 0 Å². The van der Waals surface area contributed by atoms with Crippen LogP contribution in [0.3, 0.4) is 0 Å². The van der Waals surface area contributed by atoms with Crippen LogP contribution in [0.2, 0.25) is 0 Å². The molecule has 1 unspecified atom stereocenters. The van der Waals surface area contributed by atoms with Gasteiger partial charge in [0.2, 0.25) is 0 Å². The molecule has 3 heteroatoms. The lowest BCUT2D eigenvalue weighted by atomic mass is 10.1. The minimum atomic E-state index is -0.508. The van der Waals surface area contributed by atoms with Gasteiger partial charge in [-0.15, -0.1) is 0 Å². The number of aliphatic hydroxyl groups excluding tert-OH is 1. The summed E-state index contributed by atoms with van der Waals surface area (Å²) in [6.07, 6.45) is 2.50. The molecular weight excluding hydrogens is 145 g/mol. The molecule has 0 bridgehead atoms. The molecule has 60 valence electrons. The predicted molar refractivity (Wildman–Crippen MR) is 39.6 cm³/mol. The van der Waals surface area contributed by atoms with Gasteiger partial charge in [0.05, 0.1) is 12.3 Å². The van der Waals surface area contributed by atoms with E-state index in [1.807, 2.05) is 0 Å². The highest BCUT2D eigenvalue weighted by Crippen LogP contribution is 2.06. The Morgan fingerprint density at radius 2 is 2.45 bits per heavy atom. The lowest BCUT2D eigenvalue weighted by Gasteiger charge is -2.03. The lowest BCUT2D eigenvalue weighted by Crippen LogP contribution is -2.05. The largest absolute Gasteiger partial charge is 0.393 e. The van der Waals surface area contributed by atoms with Gasteiger partial charge in [-0.3, -0.25) is 4.98 Å². The van der Waals surface area contributed by atoms with Crippen LogP contribution < -0.4 is 0 Å². The molecule has 0 aromatic carbocycles. The van der Waals surface area contributed by atoms with Gasteiger partial charge in [-0.2, -0.15) is 0 Å². The van der Waals surface area contributed by atoms with Gasteiger partial charge in [-0.05, 0) is 18.6 Å². The molecule has 0 spiro atoms. The van der Waals surface area contributed by atoms with Crippen LogP contribution in [0.25, 0.3) is 0 Å². The van der Waals surface area contributed by atoms with Gasteiger partial charge in [-0.25, -0.2) is 4.39 Å². The van der Waals surface area contributed by atoms with Crippen molar-refractivity contribution in [2.75, 3.05) is 0 Å². The maximum atomic E-state index is 12.8. The molecule has 0 aliphatic rings. The Balaban J connectivity index is 2.78. The maximum Gasteiger partial charge on any atom is 0.144 e. The standard InChI is InChI=1S/C8H10FNO/c1-6(11)4-7-2-3-10-5-8(7)9/h2-3,5-6,11H,4H2,1H3. The second kappa shape index (κ2) is 3.44. The maximum absolute atomic E-state index is 12.8. The second-order valence-electron chi connectivity index (χ2n) is 2.52. The number of rotatable bonds is 2. The van der Waals surface area contributed by atoms with Gasteiger partial charge >= 0.3 is 0 Å². The highest BCUT2D eigenvalue weighted by atomic mass is 19.1. The fraction of sp³-hybridized carbons (Fsp3) is 0.375.